The number of imidazole rings is 1. The molecule has 0 bridgehead atoms. The number of hydrogen-bond donors (Lipinski definition) is 2. The number of rotatable bonds is 6. The van der Waals surface area contributed by atoms with Crippen LogP contribution in [0.15, 0.2) is 60.1 Å². The quantitative estimate of drug-likeness (QED) is 0.352. The van der Waals surface area contributed by atoms with E-state index in [1.165, 1.54) is 23.5 Å². The van der Waals surface area contributed by atoms with Crippen molar-refractivity contribution in [1.29, 1.82) is 0 Å². The van der Waals surface area contributed by atoms with Gasteiger partial charge in [-0.2, -0.15) is 0 Å². The van der Waals surface area contributed by atoms with Gasteiger partial charge in [-0.1, -0.05) is 12.1 Å². The fourth-order valence-electron chi connectivity index (χ4n) is 2.84. The number of non-ortho nitro benzene ring substituents is 1. The van der Waals surface area contributed by atoms with Crippen molar-refractivity contribution in [2.24, 2.45) is 0 Å². The molecular formula is C20H15N5O4S. The fourth-order valence-corrected chi connectivity index (χ4v) is 3.36. The molecule has 0 saturated heterocycles. The lowest BCUT2D eigenvalue weighted by molar-refractivity contribution is -0.384. The second-order valence-corrected chi connectivity index (χ2v) is 7.03. The van der Waals surface area contributed by atoms with Gasteiger partial charge in [0, 0.05) is 34.8 Å². The number of amides is 1. The molecule has 0 radical (unpaired) electrons. The smallest absolute Gasteiger partial charge is 0.276 e. The Bertz CT molecular complexity index is 1200. The molecule has 0 spiro atoms. The van der Waals surface area contributed by atoms with Crippen molar-refractivity contribution >= 4 is 28.1 Å². The maximum atomic E-state index is 12.9. The number of nitro benzene ring substituents is 1. The number of methoxy groups -OCH3 is 1. The van der Waals surface area contributed by atoms with Crippen LogP contribution in [0.2, 0.25) is 0 Å². The molecule has 0 aliphatic heterocycles. The summed E-state index contributed by atoms with van der Waals surface area (Å²) >= 11 is 1.30. The number of benzene rings is 2. The number of ether oxygens (including phenoxy) is 1. The molecule has 2 heterocycles. The van der Waals surface area contributed by atoms with Crippen LogP contribution in [0.4, 0.5) is 10.8 Å². The lowest BCUT2D eigenvalue weighted by atomic mass is 10.1. The molecule has 1 amide bonds. The summed E-state index contributed by atoms with van der Waals surface area (Å²) in [6.45, 7) is 0. The normalized spacial score (nSPS) is 10.6. The molecule has 9 nitrogen and oxygen atoms in total. The van der Waals surface area contributed by atoms with Crippen molar-refractivity contribution in [3.8, 4) is 28.4 Å². The van der Waals surface area contributed by atoms with Crippen LogP contribution in [-0.2, 0) is 0 Å². The second-order valence-electron chi connectivity index (χ2n) is 6.14. The second kappa shape index (κ2) is 8.13. The molecule has 0 fully saturated rings. The van der Waals surface area contributed by atoms with Crippen LogP contribution in [0.25, 0.3) is 22.6 Å². The van der Waals surface area contributed by atoms with Crippen LogP contribution in [0.5, 0.6) is 5.75 Å². The van der Waals surface area contributed by atoms with E-state index in [4.69, 9.17) is 4.74 Å². The summed E-state index contributed by atoms with van der Waals surface area (Å²) in [5.41, 5.74) is 1.93. The zero-order valence-corrected chi connectivity index (χ0v) is 16.5. The highest BCUT2D eigenvalue weighted by Crippen LogP contribution is 2.30. The lowest BCUT2D eigenvalue weighted by Crippen LogP contribution is -2.13. The summed E-state index contributed by atoms with van der Waals surface area (Å²) in [6, 6.07) is 13.1. The van der Waals surface area contributed by atoms with Crippen LogP contribution >= 0.6 is 11.3 Å². The largest absolute Gasteiger partial charge is 0.497 e. The molecule has 0 aliphatic carbocycles. The van der Waals surface area contributed by atoms with Crippen LogP contribution < -0.4 is 10.1 Å². The number of hydrogen-bond acceptors (Lipinski definition) is 7. The molecule has 4 rings (SSSR count). The van der Waals surface area contributed by atoms with Crippen LogP contribution in [-0.4, -0.2) is 32.9 Å². The van der Waals surface area contributed by atoms with Crippen LogP contribution in [0.3, 0.4) is 0 Å². The molecule has 150 valence electrons. The van der Waals surface area contributed by atoms with Gasteiger partial charge in [-0.05, 0) is 24.3 Å². The van der Waals surface area contributed by atoms with Gasteiger partial charge in [0.25, 0.3) is 11.6 Å². The number of nitrogens with one attached hydrogen (secondary N) is 2. The first kappa shape index (κ1) is 19.3. The number of nitrogens with zero attached hydrogens (tertiary/aromatic N) is 3. The predicted octanol–water partition coefficient (Wildman–Crippen LogP) is 4.37. The van der Waals surface area contributed by atoms with Crippen molar-refractivity contribution in [2.75, 3.05) is 12.4 Å². The summed E-state index contributed by atoms with van der Waals surface area (Å²) in [7, 11) is 1.56. The molecule has 0 saturated carbocycles. The number of carbonyl (C=O) groups excluding carboxylic acids is 1. The third-order valence-electron chi connectivity index (χ3n) is 4.28. The molecule has 0 unspecified atom stereocenters. The number of carbonyl (C=O) groups is 1. The van der Waals surface area contributed by atoms with Crippen molar-refractivity contribution in [1.82, 2.24) is 15.0 Å². The van der Waals surface area contributed by atoms with Crippen molar-refractivity contribution < 1.29 is 14.5 Å². The average Bonchev–Trinajstić information content (AvgIpc) is 3.44. The van der Waals surface area contributed by atoms with E-state index in [0.717, 1.165) is 0 Å². The molecule has 0 atom stereocenters. The first-order valence-corrected chi connectivity index (χ1v) is 9.63. The Hall–Kier alpha value is -4.05. The third-order valence-corrected chi connectivity index (χ3v) is 4.97. The first-order valence-electron chi connectivity index (χ1n) is 8.75. The first-order chi connectivity index (χ1) is 14.5. The van der Waals surface area contributed by atoms with Crippen molar-refractivity contribution in [2.45, 2.75) is 0 Å². The summed E-state index contributed by atoms with van der Waals surface area (Å²) in [5.74, 6) is 0.633. The maximum absolute atomic E-state index is 12.9. The van der Waals surface area contributed by atoms with Gasteiger partial charge in [0.1, 0.15) is 23.0 Å². The molecule has 0 aliphatic rings. The number of thiazole rings is 1. The minimum absolute atomic E-state index is 0.0277. The van der Waals surface area contributed by atoms with Gasteiger partial charge in [-0.15, -0.1) is 11.3 Å². The lowest BCUT2D eigenvalue weighted by Gasteiger charge is -2.05. The van der Waals surface area contributed by atoms with Gasteiger partial charge < -0.3 is 9.72 Å². The van der Waals surface area contributed by atoms with E-state index in [-0.39, 0.29) is 11.4 Å². The molecular weight excluding hydrogens is 406 g/mol. The summed E-state index contributed by atoms with van der Waals surface area (Å²) in [6.07, 6.45) is 1.60. The number of aromatic nitrogens is 3. The molecule has 4 aromatic rings. The van der Waals surface area contributed by atoms with E-state index in [9.17, 15) is 14.9 Å². The standard InChI is InChI=1S/C20H15N5O4S/c1-29-15-4-2-3-13(11-15)16-17(19(26)24-20-21-9-10-30-20)23-18(22-16)12-5-7-14(8-6-12)25(27)28/h2-11H,1H3,(H,22,23)(H,21,24,26). The minimum Gasteiger partial charge on any atom is -0.497 e. The summed E-state index contributed by atoms with van der Waals surface area (Å²) in [5, 5.41) is 15.9. The molecule has 30 heavy (non-hydrogen) atoms. The number of anilines is 1. The molecule has 2 aromatic heterocycles. The Morgan fingerprint density at radius 2 is 2.00 bits per heavy atom. The number of nitro groups is 1. The average molecular weight is 421 g/mol. The highest BCUT2D eigenvalue weighted by molar-refractivity contribution is 7.13. The van der Waals surface area contributed by atoms with E-state index in [1.807, 2.05) is 6.07 Å². The van der Waals surface area contributed by atoms with E-state index in [0.29, 0.717) is 33.5 Å². The highest BCUT2D eigenvalue weighted by Gasteiger charge is 2.21. The SMILES string of the molecule is COc1cccc(-c2nc(-c3ccc([N+](=O)[O-])cc3)[nH]c2C(=O)Nc2nccs2)c1. The van der Waals surface area contributed by atoms with Gasteiger partial charge in [-0.3, -0.25) is 20.2 Å². The fraction of sp³-hybridized carbons (Fsp3) is 0.0500. The molecule has 2 N–H and O–H groups in total. The molecule has 10 heteroatoms. The Morgan fingerprint density at radius 3 is 2.67 bits per heavy atom. The van der Waals surface area contributed by atoms with Crippen LogP contribution in [0.1, 0.15) is 10.5 Å². The Labute approximate surface area is 174 Å². The maximum Gasteiger partial charge on any atom is 0.276 e. The Kier molecular flexibility index (Phi) is 5.22. The predicted molar refractivity (Wildman–Crippen MR) is 113 cm³/mol. The topological polar surface area (TPSA) is 123 Å². The highest BCUT2D eigenvalue weighted by atomic mass is 32.1. The zero-order chi connectivity index (χ0) is 21.1. The molecule has 2 aromatic carbocycles. The summed E-state index contributed by atoms with van der Waals surface area (Å²) < 4.78 is 5.28. The third kappa shape index (κ3) is 3.89. The van der Waals surface area contributed by atoms with E-state index in [2.05, 4.69) is 20.3 Å². The Balaban J connectivity index is 1.78. The van der Waals surface area contributed by atoms with Gasteiger partial charge >= 0.3 is 0 Å². The van der Waals surface area contributed by atoms with E-state index >= 15 is 0 Å². The van der Waals surface area contributed by atoms with E-state index < -0.39 is 10.8 Å². The van der Waals surface area contributed by atoms with Gasteiger partial charge in [0.2, 0.25) is 0 Å². The van der Waals surface area contributed by atoms with Gasteiger partial charge in [-0.25, -0.2) is 9.97 Å². The monoisotopic (exact) mass is 421 g/mol. The number of H-pyrrole nitrogens is 1. The summed E-state index contributed by atoms with van der Waals surface area (Å²) in [4.78, 5) is 35.0. The Morgan fingerprint density at radius 1 is 1.20 bits per heavy atom. The van der Waals surface area contributed by atoms with Crippen molar-refractivity contribution in [3.05, 3.63) is 75.9 Å². The van der Waals surface area contributed by atoms with Crippen molar-refractivity contribution in [3.63, 3.8) is 0 Å². The number of aromatic amines is 1. The minimum atomic E-state index is -0.472. The zero-order valence-electron chi connectivity index (χ0n) is 15.7. The van der Waals surface area contributed by atoms with E-state index in [1.54, 1.807) is 49.0 Å². The van der Waals surface area contributed by atoms with Gasteiger partial charge in [0.15, 0.2) is 5.13 Å². The van der Waals surface area contributed by atoms with Crippen LogP contribution in [0, 0.1) is 10.1 Å². The van der Waals surface area contributed by atoms with Gasteiger partial charge in [0.05, 0.1) is 12.0 Å².